The molecule has 4 saturated carbocycles. The maximum absolute atomic E-state index is 12.7. The lowest BCUT2D eigenvalue weighted by Crippen LogP contribution is -2.65. The molecule has 6 rings (SSSR count). The molecule has 0 unspecified atom stereocenters. The molecule has 4 fully saturated rings. The summed E-state index contributed by atoms with van der Waals surface area (Å²) in [6.45, 7) is 2.13. The van der Waals surface area contributed by atoms with Crippen LogP contribution in [0.4, 0.5) is 4.79 Å². The van der Waals surface area contributed by atoms with Gasteiger partial charge in [0.15, 0.2) is 0 Å². The van der Waals surface area contributed by atoms with Crippen molar-refractivity contribution in [2.45, 2.75) is 56.4 Å². The third kappa shape index (κ3) is 3.47. The number of hydrogen-bond donors (Lipinski definition) is 3. The summed E-state index contributed by atoms with van der Waals surface area (Å²) in [6, 6.07) is 15.7. The van der Waals surface area contributed by atoms with Crippen molar-refractivity contribution in [2.75, 3.05) is 0 Å². The highest BCUT2D eigenvalue weighted by atomic mass is 16.3. The fourth-order valence-corrected chi connectivity index (χ4v) is 6.68. The standard InChI is InChI=1S/C25H29N3O2/c1-17-6-8-21(9-7-17)24-11-18-10-19(12-24)14-25(13-18,16-24)27-23(30)28-26-15-20-4-2-3-5-22(20)29/h2-9,15,18-19,29H,10-14,16H2,1H3,(H2,27,28,30)/b26-15-/t18-,19-,24?,25?/m1/s1. The van der Waals surface area contributed by atoms with E-state index in [9.17, 15) is 9.90 Å². The molecular formula is C25H29N3O2. The van der Waals surface area contributed by atoms with E-state index in [-0.39, 0.29) is 22.7 Å². The Bertz CT molecular complexity index is 968. The molecule has 5 heteroatoms. The smallest absolute Gasteiger partial charge is 0.335 e. The normalized spacial score (nSPS) is 31.8. The summed E-state index contributed by atoms with van der Waals surface area (Å²) in [5.41, 5.74) is 5.94. The number of hydrogen-bond acceptors (Lipinski definition) is 3. The van der Waals surface area contributed by atoms with Crippen molar-refractivity contribution in [3.8, 4) is 5.75 Å². The second kappa shape index (κ2) is 7.15. The van der Waals surface area contributed by atoms with Crippen LogP contribution in [-0.2, 0) is 5.41 Å². The Hall–Kier alpha value is -2.82. The number of carbonyl (C=O) groups excluding carboxylic acids is 1. The fourth-order valence-electron chi connectivity index (χ4n) is 6.68. The molecule has 2 atom stereocenters. The number of phenolic OH excluding ortho intramolecular Hbond substituents is 1. The molecule has 5 nitrogen and oxygen atoms in total. The van der Waals surface area contributed by atoms with Gasteiger partial charge < -0.3 is 10.4 Å². The zero-order valence-corrected chi connectivity index (χ0v) is 17.4. The van der Waals surface area contributed by atoms with Crippen molar-refractivity contribution in [2.24, 2.45) is 16.9 Å². The highest BCUT2D eigenvalue weighted by Gasteiger charge is 2.58. The van der Waals surface area contributed by atoms with Crippen molar-refractivity contribution >= 4 is 12.2 Å². The van der Waals surface area contributed by atoms with E-state index in [0.29, 0.717) is 17.4 Å². The number of urea groups is 1. The van der Waals surface area contributed by atoms with Gasteiger partial charge in [-0.1, -0.05) is 42.0 Å². The van der Waals surface area contributed by atoms with Gasteiger partial charge in [0, 0.05) is 11.1 Å². The van der Waals surface area contributed by atoms with E-state index in [1.165, 1.54) is 36.6 Å². The van der Waals surface area contributed by atoms with Gasteiger partial charge in [0.1, 0.15) is 5.75 Å². The third-order valence-corrected chi connectivity index (χ3v) is 7.41. The highest BCUT2D eigenvalue weighted by Crippen LogP contribution is 2.62. The van der Waals surface area contributed by atoms with E-state index in [1.54, 1.807) is 18.2 Å². The van der Waals surface area contributed by atoms with Crippen LogP contribution in [0.2, 0.25) is 0 Å². The lowest BCUT2D eigenvalue weighted by atomic mass is 9.45. The molecule has 0 spiro atoms. The average molecular weight is 404 g/mol. The van der Waals surface area contributed by atoms with Crippen LogP contribution in [0, 0.1) is 18.8 Å². The SMILES string of the molecule is Cc1ccc(C23C[C@H]4C[C@@H](CC(NC(=O)N/N=C\c5ccccc5O)(C4)C2)C3)cc1. The molecular weight excluding hydrogens is 374 g/mol. The van der Waals surface area contributed by atoms with Gasteiger partial charge in [-0.2, -0.15) is 5.10 Å². The second-order valence-electron chi connectivity index (χ2n) is 9.77. The Kier molecular flexibility index (Phi) is 4.57. The topological polar surface area (TPSA) is 73.7 Å². The molecule has 2 amide bonds. The van der Waals surface area contributed by atoms with Crippen LogP contribution in [0.1, 0.15) is 55.2 Å². The Morgan fingerprint density at radius 3 is 2.47 bits per heavy atom. The van der Waals surface area contributed by atoms with Crippen molar-refractivity contribution in [1.82, 2.24) is 10.7 Å². The van der Waals surface area contributed by atoms with Crippen LogP contribution < -0.4 is 10.7 Å². The number of phenols is 1. The lowest BCUT2D eigenvalue weighted by Gasteiger charge is -2.62. The number of benzene rings is 2. The molecule has 2 aromatic carbocycles. The zero-order chi connectivity index (χ0) is 20.8. The number of amides is 2. The monoisotopic (exact) mass is 403 g/mol. The van der Waals surface area contributed by atoms with Crippen LogP contribution in [0.25, 0.3) is 0 Å². The number of aryl methyl sites for hydroxylation is 1. The van der Waals surface area contributed by atoms with E-state index in [1.807, 2.05) is 6.07 Å². The summed E-state index contributed by atoms with van der Waals surface area (Å²) in [7, 11) is 0. The molecule has 0 heterocycles. The third-order valence-electron chi connectivity index (χ3n) is 7.41. The van der Waals surface area contributed by atoms with Gasteiger partial charge >= 0.3 is 6.03 Å². The Labute approximate surface area is 177 Å². The number of nitrogens with zero attached hydrogens (tertiary/aromatic N) is 1. The highest BCUT2D eigenvalue weighted by molar-refractivity contribution is 5.84. The molecule has 156 valence electrons. The largest absolute Gasteiger partial charge is 0.507 e. The molecule has 0 saturated heterocycles. The van der Waals surface area contributed by atoms with E-state index in [4.69, 9.17) is 0 Å². The number of aromatic hydroxyl groups is 1. The molecule has 0 radical (unpaired) electrons. The van der Waals surface area contributed by atoms with Crippen molar-refractivity contribution in [1.29, 1.82) is 0 Å². The van der Waals surface area contributed by atoms with Crippen LogP contribution >= 0.6 is 0 Å². The first-order chi connectivity index (χ1) is 14.5. The maximum atomic E-state index is 12.7. The first kappa shape index (κ1) is 19.2. The molecule has 2 aromatic rings. The fraction of sp³-hybridized carbons (Fsp3) is 0.440. The summed E-state index contributed by atoms with van der Waals surface area (Å²) in [6.07, 6.45) is 8.38. The molecule has 0 aromatic heterocycles. The summed E-state index contributed by atoms with van der Waals surface area (Å²) in [4.78, 5) is 12.7. The summed E-state index contributed by atoms with van der Waals surface area (Å²) < 4.78 is 0. The molecule has 4 bridgehead atoms. The number of carbonyl (C=O) groups is 1. The predicted molar refractivity (Wildman–Crippen MR) is 118 cm³/mol. The molecule has 0 aliphatic heterocycles. The average Bonchev–Trinajstić information content (AvgIpc) is 2.68. The minimum atomic E-state index is -0.261. The van der Waals surface area contributed by atoms with Crippen molar-refractivity contribution in [3.63, 3.8) is 0 Å². The van der Waals surface area contributed by atoms with E-state index < -0.39 is 0 Å². The number of para-hydroxylation sites is 1. The summed E-state index contributed by atoms with van der Waals surface area (Å²) in [5.74, 6) is 1.50. The van der Waals surface area contributed by atoms with E-state index >= 15 is 0 Å². The van der Waals surface area contributed by atoms with Crippen LogP contribution in [-0.4, -0.2) is 22.9 Å². The van der Waals surface area contributed by atoms with Crippen LogP contribution in [0.3, 0.4) is 0 Å². The van der Waals surface area contributed by atoms with Crippen molar-refractivity contribution in [3.05, 3.63) is 65.2 Å². The second-order valence-corrected chi connectivity index (χ2v) is 9.77. The quantitative estimate of drug-likeness (QED) is 0.515. The molecule has 4 aliphatic carbocycles. The van der Waals surface area contributed by atoms with Gasteiger partial charge in [-0.25, -0.2) is 10.2 Å². The van der Waals surface area contributed by atoms with Crippen molar-refractivity contribution < 1.29 is 9.90 Å². The maximum Gasteiger partial charge on any atom is 0.335 e. The lowest BCUT2D eigenvalue weighted by molar-refractivity contribution is -0.0349. The summed E-state index contributed by atoms with van der Waals surface area (Å²) >= 11 is 0. The van der Waals surface area contributed by atoms with Gasteiger partial charge in [-0.15, -0.1) is 0 Å². The van der Waals surface area contributed by atoms with Gasteiger partial charge in [-0.3, -0.25) is 0 Å². The van der Waals surface area contributed by atoms with Gasteiger partial charge in [0.05, 0.1) is 6.21 Å². The molecule has 4 aliphatic rings. The number of nitrogens with one attached hydrogen (secondary N) is 2. The van der Waals surface area contributed by atoms with Gasteiger partial charge in [0.2, 0.25) is 0 Å². The minimum absolute atomic E-state index is 0.143. The van der Waals surface area contributed by atoms with Crippen LogP contribution in [0.15, 0.2) is 53.6 Å². The first-order valence-corrected chi connectivity index (χ1v) is 10.9. The van der Waals surface area contributed by atoms with Gasteiger partial charge in [0.25, 0.3) is 0 Å². The Morgan fingerprint density at radius 1 is 1.07 bits per heavy atom. The van der Waals surface area contributed by atoms with E-state index in [2.05, 4.69) is 47.0 Å². The predicted octanol–water partition coefficient (Wildman–Crippen LogP) is 4.62. The number of hydrazone groups is 1. The number of rotatable bonds is 4. The zero-order valence-electron chi connectivity index (χ0n) is 17.4. The first-order valence-electron chi connectivity index (χ1n) is 10.9. The summed E-state index contributed by atoms with van der Waals surface area (Å²) in [5, 5.41) is 17.2. The van der Waals surface area contributed by atoms with Gasteiger partial charge in [-0.05, 0) is 80.4 Å². The molecule has 3 N–H and O–H groups in total. The van der Waals surface area contributed by atoms with Crippen LogP contribution in [0.5, 0.6) is 5.75 Å². The Morgan fingerprint density at radius 2 is 1.77 bits per heavy atom. The minimum Gasteiger partial charge on any atom is -0.507 e. The van der Waals surface area contributed by atoms with E-state index in [0.717, 1.165) is 19.3 Å². The Balaban J connectivity index is 1.31. The molecule has 30 heavy (non-hydrogen) atoms.